The molecule has 1 atom stereocenters. The number of hydrogen-bond acceptors (Lipinski definition) is 5. The van der Waals surface area contributed by atoms with E-state index in [0.717, 1.165) is 6.42 Å². The third-order valence-electron chi connectivity index (χ3n) is 4.04. The van der Waals surface area contributed by atoms with Crippen molar-refractivity contribution >= 4 is 7.60 Å². The molecule has 0 aliphatic heterocycles. The van der Waals surface area contributed by atoms with E-state index in [9.17, 15) is 4.57 Å². The van der Waals surface area contributed by atoms with Gasteiger partial charge in [0.2, 0.25) is 0 Å². The molecule has 0 N–H and O–H groups in total. The van der Waals surface area contributed by atoms with Crippen LogP contribution in [-0.4, -0.2) is 36.2 Å². The number of nitrogens with zero attached hydrogens (tertiary/aromatic N) is 1. The van der Waals surface area contributed by atoms with Crippen molar-refractivity contribution < 1.29 is 18.5 Å². The lowest BCUT2D eigenvalue weighted by Crippen LogP contribution is -2.53. The van der Waals surface area contributed by atoms with E-state index < -0.39 is 13.4 Å². The van der Waals surface area contributed by atoms with E-state index in [4.69, 9.17) is 13.9 Å². The number of benzene rings is 1. The van der Waals surface area contributed by atoms with Gasteiger partial charge in [-0.15, -0.1) is 0 Å². The summed E-state index contributed by atoms with van der Waals surface area (Å²) in [6.45, 7) is 17.1. The Hall–Kier alpha value is -0.710. The first-order chi connectivity index (χ1) is 12.5. The molecule has 6 heteroatoms. The van der Waals surface area contributed by atoms with Crippen molar-refractivity contribution in [2.45, 2.75) is 73.1 Å². The van der Waals surface area contributed by atoms with Crippen LogP contribution in [0.2, 0.25) is 0 Å². The minimum atomic E-state index is -3.41. The van der Waals surface area contributed by atoms with E-state index in [1.807, 2.05) is 57.9 Å². The average molecular weight is 400 g/mol. The molecular formula is C21H38NO4P. The third-order valence-corrected chi connectivity index (χ3v) is 6.86. The zero-order valence-electron chi connectivity index (χ0n) is 18.3. The van der Waals surface area contributed by atoms with Crippen LogP contribution < -0.4 is 0 Å². The second kappa shape index (κ2) is 10.2. The van der Waals surface area contributed by atoms with Crippen molar-refractivity contribution in [1.82, 2.24) is 5.06 Å². The van der Waals surface area contributed by atoms with E-state index in [1.165, 1.54) is 5.56 Å². The van der Waals surface area contributed by atoms with E-state index in [0.29, 0.717) is 19.8 Å². The van der Waals surface area contributed by atoms with Crippen molar-refractivity contribution in [2.24, 2.45) is 5.41 Å². The van der Waals surface area contributed by atoms with Crippen molar-refractivity contribution in [1.29, 1.82) is 0 Å². The molecule has 1 rings (SSSR count). The van der Waals surface area contributed by atoms with Crippen molar-refractivity contribution in [3.8, 4) is 0 Å². The third kappa shape index (κ3) is 7.32. The minimum absolute atomic E-state index is 0.325. The largest absolute Gasteiger partial charge is 0.350 e. The van der Waals surface area contributed by atoms with Crippen LogP contribution in [0.25, 0.3) is 0 Å². The van der Waals surface area contributed by atoms with Gasteiger partial charge < -0.3 is 9.05 Å². The van der Waals surface area contributed by atoms with E-state index in [-0.39, 0.29) is 11.0 Å². The Morgan fingerprint density at radius 2 is 1.48 bits per heavy atom. The summed E-state index contributed by atoms with van der Waals surface area (Å²) in [6.07, 6.45) is 0.776. The predicted molar refractivity (Wildman–Crippen MR) is 112 cm³/mol. The molecule has 0 amide bonds. The fourth-order valence-electron chi connectivity index (χ4n) is 3.03. The highest BCUT2D eigenvalue weighted by molar-refractivity contribution is 7.54. The molecule has 0 aliphatic carbocycles. The molecule has 5 nitrogen and oxygen atoms in total. The SMILES string of the molecule is CCOP(=O)(OCC)C(N(OCCc1ccccc1)C(C)(C)C)C(C)(C)C. The van der Waals surface area contributed by atoms with Crippen LogP contribution in [0.5, 0.6) is 0 Å². The van der Waals surface area contributed by atoms with Crippen LogP contribution in [-0.2, 0) is 24.9 Å². The fraction of sp³-hybridized carbons (Fsp3) is 0.714. The summed E-state index contributed by atoms with van der Waals surface area (Å²) in [6, 6.07) is 10.2. The standard InChI is InChI=1S/C21H38NO4P/c1-9-25-27(23,26-10-2)19(20(3,4)5)22(21(6,7)8)24-17-16-18-14-12-11-13-15-18/h11-15,19H,9-10,16-17H2,1-8H3. The van der Waals surface area contributed by atoms with Gasteiger partial charge in [0.25, 0.3) is 0 Å². The number of rotatable bonds is 10. The van der Waals surface area contributed by atoms with Crippen molar-refractivity contribution in [3.63, 3.8) is 0 Å². The van der Waals surface area contributed by atoms with Crippen LogP contribution in [0.1, 0.15) is 61.0 Å². The van der Waals surface area contributed by atoms with Gasteiger partial charge in [0.15, 0.2) is 0 Å². The Morgan fingerprint density at radius 3 is 1.89 bits per heavy atom. The van der Waals surface area contributed by atoms with Gasteiger partial charge in [-0.3, -0.25) is 9.40 Å². The number of hydroxylamine groups is 2. The molecule has 0 heterocycles. The Balaban J connectivity index is 3.14. The molecule has 0 saturated heterocycles. The lowest BCUT2D eigenvalue weighted by Gasteiger charge is -2.47. The summed E-state index contributed by atoms with van der Waals surface area (Å²) in [7, 11) is -3.41. The molecule has 1 aromatic rings. The molecule has 0 fully saturated rings. The van der Waals surface area contributed by atoms with Crippen LogP contribution >= 0.6 is 7.60 Å². The Kier molecular flexibility index (Phi) is 9.17. The van der Waals surface area contributed by atoms with Gasteiger partial charge in [0.1, 0.15) is 5.78 Å². The first kappa shape index (κ1) is 24.3. The van der Waals surface area contributed by atoms with Gasteiger partial charge in [-0.25, -0.2) is 0 Å². The molecule has 156 valence electrons. The van der Waals surface area contributed by atoms with E-state index >= 15 is 0 Å². The maximum absolute atomic E-state index is 13.7. The first-order valence-corrected chi connectivity index (χ1v) is 11.4. The zero-order valence-corrected chi connectivity index (χ0v) is 19.2. The summed E-state index contributed by atoms with van der Waals surface area (Å²) < 4.78 is 25.1. The molecule has 0 aromatic heterocycles. The molecule has 0 spiro atoms. The molecule has 0 saturated carbocycles. The zero-order chi connectivity index (χ0) is 20.7. The van der Waals surface area contributed by atoms with E-state index in [1.54, 1.807) is 0 Å². The topological polar surface area (TPSA) is 48.0 Å². The second-order valence-corrected chi connectivity index (χ2v) is 10.8. The van der Waals surface area contributed by atoms with Crippen molar-refractivity contribution in [3.05, 3.63) is 35.9 Å². The highest BCUT2D eigenvalue weighted by Gasteiger charge is 2.51. The summed E-state index contributed by atoms with van der Waals surface area (Å²) in [5.41, 5.74) is 0.453. The van der Waals surface area contributed by atoms with Crippen LogP contribution in [0.4, 0.5) is 0 Å². The quantitative estimate of drug-likeness (QED) is 0.362. The highest BCUT2D eigenvalue weighted by Crippen LogP contribution is 2.60. The highest BCUT2D eigenvalue weighted by atomic mass is 31.2. The minimum Gasteiger partial charge on any atom is -0.308 e. The summed E-state index contributed by atoms with van der Waals surface area (Å²) in [5.74, 6) is -0.527. The van der Waals surface area contributed by atoms with Gasteiger partial charge in [-0.05, 0) is 52.0 Å². The van der Waals surface area contributed by atoms with Gasteiger partial charge >= 0.3 is 7.60 Å². The molecule has 0 bridgehead atoms. The Bertz CT molecular complexity index is 582. The normalized spacial score (nSPS) is 14.6. The van der Waals surface area contributed by atoms with Gasteiger partial charge in [-0.1, -0.05) is 51.1 Å². The molecule has 27 heavy (non-hydrogen) atoms. The fourth-order valence-corrected chi connectivity index (χ4v) is 5.73. The maximum atomic E-state index is 13.7. The molecular weight excluding hydrogens is 361 g/mol. The Labute approximate surface area is 165 Å². The molecule has 1 unspecified atom stereocenters. The van der Waals surface area contributed by atoms with Crippen LogP contribution in [0.15, 0.2) is 30.3 Å². The smallest absolute Gasteiger partial charge is 0.308 e. The summed E-state index contributed by atoms with van der Waals surface area (Å²) >= 11 is 0. The first-order valence-electron chi connectivity index (χ1n) is 9.80. The molecule has 0 aliphatic rings. The lowest BCUT2D eigenvalue weighted by atomic mass is 9.94. The van der Waals surface area contributed by atoms with Crippen LogP contribution in [0.3, 0.4) is 0 Å². The Morgan fingerprint density at radius 1 is 0.963 bits per heavy atom. The van der Waals surface area contributed by atoms with Gasteiger partial charge in [-0.2, -0.15) is 5.06 Å². The van der Waals surface area contributed by atoms with Crippen molar-refractivity contribution in [2.75, 3.05) is 19.8 Å². The monoisotopic (exact) mass is 399 g/mol. The second-order valence-electron chi connectivity index (χ2n) is 8.68. The summed E-state index contributed by atoms with van der Waals surface area (Å²) in [5, 5.41) is 1.84. The average Bonchev–Trinajstić information content (AvgIpc) is 2.53. The lowest BCUT2D eigenvalue weighted by molar-refractivity contribution is -0.237. The van der Waals surface area contributed by atoms with Gasteiger partial charge in [0.05, 0.1) is 19.8 Å². The number of hydrogen-bond donors (Lipinski definition) is 0. The summed E-state index contributed by atoms with van der Waals surface area (Å²) in [4.78, 5) is 6.24. The van der Waals surface area contributed by atoms with Gasteiger partial charge in [0, 0.05) is 5.54 Å². The van der Waals surface area contributed by atoms with E-state index in [2.05, 4.69) is 32.9 Å². The van der Waals surface area contributed by atoms with Crippen LogP contribution in [0, 0.1) is 5.41 Å². The predicted octanol–water partition coefficient (Wildman–Crippen LogP) is 5.90. The molecule has 1 aromatic carbocycles. The molecule has 0 radical (unpaired) electrons. The maximum Gasteiger partial charge on any atom is 0.350 e.